The third-order valence-corrected chi connectivity index (χ3v) is 2.80. The molecule has 1 N–H and O–H groups in total. The molecule has 1 aromatic carbocycles. The fourth-order valence-electron chi connectivity index (χ4n) is 1.28. The number of rotatable bonds is 5. The largest absolute Gasteiger partial charge is 0.490 e. The number of ether oxygens (including phenoxy) is 2. The van der Waals surface area contributed by atoms with Crippen LogP contribution >= 0.6 is 15.9 Å². The molecule has 2 aromatic rings. The predicted molar refractivity (Wildman–Crippen MR) is 70.0 cm³/mol. The first kappa shape index (κ1) is 12.6. The second-order valence-electron chi connectivity index (χ2n) is 3.36. The lowest BCUT2D eigenvalue weighted by molar-refractivity contribution is 0.210. The number of hydrogen-bond donors (Lipinski definition) is 1. The van der Waals surface area contributed by atoms with Gasteiger partial charge in [0.05, 0.1) is 6.33 Å². The number of benzene rings is 1. The Kier molecular flexibility index (Phi) is 4.35. The molecule has 6 heteroatoms. The zero-order valence-electron chi connectivity index (χ0n) is 9.43. The monoisotopic (exact) mass is 310 g/mol. The van der Waals surface area contributed by atoms with Crippen LogP contribution in [0.5, 0.6) is 11.6 Å². The Bertz CT molecular complexity index is 557. The highest BCUT2D eigenvalue weighted by atomic mass is 79.9. The first-order chi connectivity index (χ1) is 8.77. The summed E-state index contributed by atoms with van der Waals surface area (Å²) in [7, 11) is 0. The number of para-hydroxylation sites is 1. The summed E-state index contributed by atoms with van der Waals surface area (Å²) in [4.78, 5) is 17.6. The molecule has 0 aliphatic carbocycles. The lowest BCUT2D eigenvalue weighted by atomic mass is 10.3. The lowest BCUT2D eigenvalue weighted by Crippen LogP contribution is -2.14. The fourth-order valence-corrected chi connectivity index (χ4v) is 1.61. The van der Waals surface area contributed by atoms with Crippen molar-refractivity contribution in [3.8, 4) is 11.6 Å². The smallest absolute Gasteiger partial charge is 0.268 e. The number of hydrogen-bond acceptors (Lipinski definition) is 4. The summed E-state index contributed by atoms with van der Waals surface area (Å²) in [5.41, 5.74) is -0.274. The van der Waals surface area contributed by atoms with Crippen LogP contribution in [0, 0.1) is 0 Å². The molecule has 0 radical (unpaired) electrons. The van der Waals surface area contributed by atoms with Crippen LogP contribution in [0.2, 0.25) is 0 Å². The number of nitrogens with one attached hydrogen (secondary N) is 1. The van der Waals surface area contributed by atoms with Gasteiger partial charge in [-0.25, -0.2) is 4.98 Å². The number of aromatic amines is 1. The van der Waals surface area contributed by atoms with Crippen LogP contribution in [0.25, 0.3) is 0 Å². The molecule has 0 aliphatic heterocycles. The summed E-state index contributed by atoms with van der Waals surface area (Å²) in [6.45, 7) is 0.689. The van der Waals surface area contributed by atoms with E-state index in [1.165, 1.54) is 6.33 Å². The quantitative estimate of drug-likeness (QED) is 0.858. The Hall–Kier alpha value is -1.82. The van der Waals surface area contributed by atoms with Gasteiger partial charge in [-0.3, -0.25) is 4.79 Å². The van der Waals surface area contributed by atoms with Crippen LogP contribution in [0.15, 0.2) is 45.9 Å². The van der Waals surface area contributed by atoms with Gasteiger partial charge < -0.3 is 14.5 Å². The van der Waals surface area contributed by atoms with Crippen molar-refractivity contribution in [1.29, 1.82) is 0 Å². The molecule has 0 unspecified atom stereocenters. The van der Waals surface area contributed by atoms with Crippen LogP contribution in [-0.2, 0) is 0 Å². The van der Waals surface area contributed by atoms with Gasteiger partial charge in [-0.15, -0.1) is 0 Å². The van der Waals surface area contributed by atoms with Crippen molar-refractivity contribution in [1.82, 2.24) is 9.97 Å². The SMILES string of the molecule is O=c1[nH]cnc(OCCOc2ccccc2)c1Br. The lowest BCUT2D eigenvalue weighted by Gasteiger charge is -2.07. The summed E-state index contributed by atoms with van der Waals surface area (Å²) in [5.74, 6) is 1.04. The first-order valence-electron chi connectivity index (χ1n) is 5.31. The van der Waals surface area contributed by atoms with E-state index in [0.29, 0.717) is 13.2 Å². The first-order valence-corrected chi connectivity index (χ1v) is 6.10. The molecular weight excluding hydrogens is 300 g/mol. The molecule has 94 valence electrons. The van der Waals surface area contributed by atoms with Gasteiger partial charge in [0.25, 0.3) is 5.56 Å². The van der Waals surface area contributed by atoms with Crippen LogP contribution in [0.1, 0.15) is 0 Å². The molecule has 0 fully saturated rings. The van der Waals surface area contributed by atoms with Crippen LogP contribution in [0.4, 0.5) is 0 Å². The maximum atomic E-state index is 11.2. The van der Waals surface area contributed by atoms with E-state index in [4.69, 9.17) is 9.47 Å². The molecule has 0 amide bonds. The molecule has 0 saturated carbocycles. The Morgan fingerprint density at radius 2 is 1.89 bits per heavy atom. The minimum atomic E-state index is -0.274. The summed E-state index contributed by atoms with van der Waals surface area (Å²) >= 11 is 3.11. The maximum Gasteiger partial charge on any atom is 0.268 e. The Morgan fingerprint density at radius 3 is 2.67 bits per heavy atom. The maximum absolute atomic E-state index is 11.2. The van der Waals surface area contributed by atoms with E-state index in [-0.39, 0.29) is 15.9 Å². The van der Waals surface area contributed by atoms with Crippen molar-refractivity contribution in [2.75, 3.05) is 13.2 Å². The Balaban J connectivity index is 1.82. The van der Waals surface area contributed by atoms with E-state index in [9.17, 15) is 4.79 Å². The number of aromatic nitrogens is 2. The third kappa shape index (κ3) is 3.33. The van der Waals surface area contributed by atoms with Crippen molar-refractivity contribution >= 4 is 15.9 Å². The molecule has 18 heavy (non-hydrogen) atoms. The second kappa shape index (κ2) is 6.20. The van der Waals surface area contributed by atoms with Crippen molar-refractivity contribution in [3.63, 3.8) is 0 Å². The molecule has 0 bridgehead atoms. The van der Waals surface area contributed by atoms with Crippen LogP contribution < -0.4 is 15.0 Å². The minimum absolute atomic E-state index is 0.260. The summed E-state index contributed by atoms with van der Waals surface area (Å²) in [6, 6.07) is 9.43. The second-order valence-corrected chi connectivity index (χ2v) is 4.15. The predicted octanol–water partition coefficient (Wildman–Crippen LogP) is 1.99. The topological polar surface area (TPSA) is 64.2 Å². The van der Waals surface area contributed by atoms with Gasteiger partial charge in [0, 0.05) is 0 Å². The standard InChI is InChI=1S/C12H11BrN2O3/c13-10-11(16)14-8-15-12(10)18-7-6-17-9-4-2-1-3-5-9/h1-5,8H,6-7H2,(H,14,15,16). The van der Waals surface area contributed by atoms with Crippen LogP contribution in [-0.4, -0.2) is 23.2 Å². The van der Waals surface area contributed by atoms with Crippen molar-refractivity contribution in [3.05, 3.63) is 51.5 Å². The summed E-state index contributed by atoms with van der Waals surface area (Å²) in [6.07, 6.45) is 1.29. The molecule has 0 spiro atoms. The minimum Gasteiger partial charge on any atom is -0.490 e. The van der Waals surface area contributed by atoms with Gasteiger partial charge in [0.15, 0.2) is 0 Å². The molecular formula is C12H11BrN2O3. The molecule has 2 rings (SSSR count). The van der Waals surface area contributed by atoms with Crippen molar-refractivity contribution < 1.29 is 9.47 Å². The van der Waals surface area contributed by atoms with E-state index >= 15 is 0 Å². The number of halogens is 1. The highest BCUT2D eigenvalue weighted by Crippen LogP contribution is 2.15. The van der Waals surface area contributed by atoms with Crippen LogP contribution in [0.3, 0.4) is 0 Å². The van der Waals surface area contributed by atoms with Gasteiger partial charge in [-0.1, -0.05) is 18.2 Å². The molecule has 1 heterocycles. The van der Waals surface area contributed by atoms with Gasteiger partial charge in [0.1, 0.15) is 23.4 Å². The van der Waals surface area contributed by atoms with E-state index < -0.39 is 0 Å². The van der Waals surface area contributed by atoms with Gasteiger partial charge >= 0.3 is 0 Å². The van der Waals surface area contributed by atoms with E-state index in [0.717, 1.165) is 5.75 Å². The summed E-state index contributed by atoms with van der Waals surface area (Å²) in [5, 5.41) is 0. The van der Waals surface area contributed by atoms with Crippen molar-refractivity contribution in [2.45, 2.75) is 0 Å². The van der Waals surface area contributed by atoms with Crippen molar-refractivity contribution in [2.24, 2.45) is 0 Å². The van der Waals surface area contributed by atoms with Gasteiger partial charge in [-0.05, 0) is 28.1 Å². The Morgan fingerprint density at radius 1 is 1.17 bits per heavy atom. The zero-order valence-corrected chi connectivity index (χ0v) is 11.0. The van der Waals surface area contributed by atoms with E-state index in [2.05, 4.69) is 25.9 Å². The highest BCUT2D eigenvalue weighted by molar-refractivity contribution is 9.10. The average molecular weight is 311 g/mol. The molecule has 0 saturated heterocycles. The highest BCUT2D eigenvalue weighted by Gasteiger charge is 2.05. The average Bonchev–Trinajstić information content (AvgIpc) is 2.40. The zero-order chi connectivity index (χ0) is 12.8. The number of nitrogens with zero attached hydrogens (tertiary/aromatic N) is 1. The molecule has 0 atom stereocenters. The van der Waals surface area contributed by atoms with Gasteiger partial charge in [-0.2, -0.15) is 0 Å². The fraction of sp³-hybridized carbons (Fsp3) is 0.167. The Labute approximate surface area is 112 Å². The molecule has 5 nitrogen and oxygen atoms in total. The molecule has 0 aliphatic rings. The third-order valence-electron chi connectivity index (χ3n) is 2.10. The van der Waals surface area contributed by atoms with E-state index in [1.54, 1.807) is 0 Å². The van der Waals surface area contributed by atoms with Gasteiger partial charge in [0.2, 0.25) is 5.88 Å². The summed E-state index contributed by atoms with van der Waals surface area (Å²) < 4.78 is 11.1. The number of H-pyrrole nitrogens is 1. The normalized spacial score (nSPS) is 10.1. The van der Waals surface area contributed by atoms with E-state index in [1.807, 2.05) is 30.3 Å². The molecule has 1 aromatic heterocycles.